The third kappa shape index (κ3) is 4.31. The Labute approximate surface area is 128 Å². The van der Waals surface area contributed by atoms with Gasteiger partial charge in [0, 0.05) is 11.9 Å². The largest absolute Gasteiger partial charge is 0.482 e. The maximum absolute atomic E-state index is 11.9. The Morgan fingerprint density at radius 2 is 1.82 bits per heavy atom. The van der Waals surface area contributed by atoms with Crippen molar-refractivity contribution >= 4 is 17.5 Å². The molecule has 6 nitrogen and oxygen atoms in total. The van der Waals surface area contributed by atoms with Crippen LogP contribution >= 0.6 is 0 Å². The monoisotopic (exact) mass is 299 g/mol. The number of primary amides is 1. The molecule has 0 bridgehead atoms. The molecule has 1 heterocycles. The molecule has 114 valence electrons. The number of aryl methyl sites for hydroxylation is 2. The van der Waals surface area contributed by atoms with E-state index >= 15 is 0 Å². The summed E-state index contributed by atoms with van der Waals surface area (Å²) >= 11 is 0. The fourth-order valence-corrected chi connectivity index (χ4v) is 2.03. The number of hydrogen-bond donors (Lipinski definition) is 2. The van der Waals surface area contributed by atoms with Gasteiger partial charge >= 0.3 is 0 Å². The van der Waals surface area contributed by atoms with Crippen LogP contribution in [0.4, 0.5) is 5.69 Å². The van der Waals surface area contributed by atoms with Crippen molar-refractivity contribution in [2.45, 2.75) is 13.8 Å². The fraction of sp³-hybridized carbons (Fsp3) is 0.188. The van der Waals surface area contributed by atoms with Crippen molar-refractivity contribution in [2.24, 2.45) is 5.73 Å². The van der Waals surface area contributed by atoms with E-state index < -0.39 is 5.91 Å². The summed E-state index contributed by atoms with van der Waals surface area (Å²) in [5.41, 5.74) is 8.23. The first-order valence-electron chi connectivity index (χ1n) is 6.70. The zero-order valence-corrected chi connectivity index (χ0v) is 12.4. The highest BCUT2D eigenvalue weighted by molar-refractivity contribution is 5.93. The smallest absolute Gasteiger partial charge is 0.262 e. The van der Waals surface area contributed by atoms with Crippen molar-refractivity contribution in [3.05, 3.63) is 53.3 Å². The predicted molar refractivity (Wildman–Crippen MR) is 82.8 cm³/mol. The molecule has 0 fully saturated rings. The Morgan fingerprint density at radius 1 is 1.14 bits per heavy atom. The second-order valence-electron chi connectivity index (χ2n) is 4.99. The first-order valence-corrected chi connectivity index (χ1v) is 6.70. The van der Waals surface area contributed by atoms with E-state index in [-0.39, 0.29) is 18.1 Å². The van der Waals surface area contributed by atoms with E-state index in [0.717, 1.165) is 16.8 Å². The van der Waals surface area contributed by atoms with Gasteiger partial charge in [-0.1, -0.05) is 6.07 Å². The summed E-state index contributed by atoms with van der Waals surface area (Å²) < 4.78 is 5.31. The fourth-order valence-electron chi connectivity index (χ4n) is 2.03. The van der Waals surface area contributed by atoms with Gasteiger partial charge in [0.15, 0.2) is 6.61 Å². The molecule has 0 aliphatic carbocycles. The minimum Gasteiger partial charge on any atom is -0.482 e. The number of nitrogens with two attached hydrogens (primary N) is 1. The van der Waals surface area contributed by atoms with Crippen LogP contribution in [0.15, 0.2) is 36.7 Å². The molecule has 0 unspecified atom stereocenters. The molecule has 0 saturated carbocycles. The van der Waals surface area contributed by atoms with Crippen molar-refractivity contribution in [2.75, 3.05) is 11.9 Å². The van der Waals surface area contributed by atoms with E-state index in [1.165, 1.54) is 18.5 Å². The average molecular weight is 299 g/mol. The van der Waals surface area contributed by atoms with Gasteiger partial charge in [0.25, 0.3) is 5.91 Å². The van der Waals surface area contributed by atoms with Gasteiger partial charge in [0.05, 0.1) is 11.8 Å². The van der Waals surface area contributed by atoms with Gasteiger partial charge in [0.1, 0.15) is 5.75 Å². The molecule has 2 aromatic rings. The number of benzene rings is 1. The number of nitrogens with one attached hydrogen (secondary N) is 1. The van der Waals surface area contributed by atoms with Crippen LogP contribution in [0, 0.1) is 13.8 Å². The van der Waals surface area contributed by atoms with Gasteiger partial charge in [-0.15, -0.1) is 0 Å². The van der Waals surface area contributed by atoms with Gasteiger partial charge in [0.2, 0.25) is 5.91 Å². The van der Waals surface area contributed by atoms with Crippen LogP contribution in [-0.4, -0.2) is 23.4 Å². The van der Waals surface area contributed by atoms with Crippen LogP contribution in [0.1, 0.15) is 21.5 Å². The molecule has 2 amide bonds. The number of ether oxygens (including phenoxy) is 1. The summed E-state index contributed by atoms with van der Waals surface area (Å²) in [6.45, 7) is 3.73. The summed E-state index contributed by atoms with van der Waals surface area (Å²) in [7, 11) is 0. The highest BCUT2D eigenvalue weighted by atomic mass is 16.5. The number of rotatable bonds is 5. The first-order chi connectivity index (χ1) is 10.4. The molecule has 0 saturated heterocycles. The zero-order chi connectivity index (χ0) is 16.1. The van der Waals surface area contributed by atoms with Crippen LogP contribution in [-0.2, 0) is 4.79 Å². The third-order valence-corrected chi connectivity index (χ3v) is 2.87. The average Bonchev–Trinajstić information content (AvgIpc) is 2.44. The van der Waals surface area contributed by atoms with Gasteiger partial charge < -0.3 is 15.8 Å². The number of pyridine rings is 1. The molecule has 3 N–H and O–H groups in total. The van der Waals surface area contributed by atoms with Crippen LogP contribution < -0.4 is 15.8 Å². The highest BCUT2D eigenvalue weighted by Crippen LogP contribution is 2.14. The van der Waals surface area contributed by atoms with Crippen LogP contribution in [0.2, 0.25) is 0 Å². The number of anilines is 1. The van der Waals surface area contributed by atoms with E-state index in [9.17, 15) is 9.59 Å². The number of amides is 2. The van der Waals surface area contributed by atoms with Crippen molar-refractivity contribution in [1.82, 2.24) is 4.98 Å². The Balaban J connectivity index is 1.95. The van der Waals surface area contributed by atoms with Crippen LogP contribution in [0.3, 0.4) is 0 Å². The summed E-state index contributed by atoms with van der Waals surface area (Å²) in [5.74, 6) is -0.584. The normalized spacial score (nSPS) is 10.1. The highest BCUT2D eigenvalue weighted by Gasteiger charge is 2.07. The quantitative estimate of drug-likeness (QED) is 0.880. The molecule has 0 aliphatic heterocycles. The van der Waals surface area contributed by atoms with Gasteiger partial charge in [-0.2, -0.15) is 0 Å². The van der Waals surface area contributed by atoms with Crippen LogP contribution in [0.25, 0.3) is 0 Å². The minimum atomic E-state index is -0.599. The number of nitrogens with zero attached hydrogens (tertiary/aromatic N) is 1. The van der Waals surface area contributed by atoms with Crippen molar-refractivity contribution in [1.29, 1.82) is 0 Å². The summed E-state index contributed by atoms with van der Waals surface area (Å²) in [4.78, 5) is 26.8. The lowest BCUT2D eigenvalue weighted by Crippen LogP contribution is -2.20. The lowest BCUT2D eigenvalue weighted by Gasteiger charge is -2.09. The Bertz CT molecular complexity index is 693. The van der Waals surface area contributed by atoms with E-state index in [2.05, 4.69) is 10.3 Å². The van der Waals surface area contributed by atoms with Crippen molar-refractivity contribution in [3.63, 3.8) is 0 Å². The third-order valence-electron chi connectivity index (χ3n) is 2.87. The SMILES string of the molecule is Cc1cc(C)cc(NC(=O)COc2cncc(C(N)=O)c2)c1. The Kier molecular flexibility index (Phi) is 4.73. The second-order valence-corrected chi connectivity index (χ2v) is 4.99. The molecule has 6 heteroatoms. The number of carbonyl (C=O) groups excluding carboxylic acids is 2. The molecule has 1 aromatic heterocycles. The lowest BCUT2D eigenvalue weighted by molar-refractivity contribution is -0.118. The second kappa shape index (κ2) is 6.71. The van der Waals surface area contributed by atoms with E-state index in [1.54, 1.807) is 0 Å². The number of carbonyl (C=O) groups is 2. The topological polar surface area (TPSA) is 94.3 Å². The first kappa shape index (κ1) is 15.5. The molecule has 2 rings (SSSR count). The maximum atomic E-state index is 11.9. The molecule has 0 atom stereocenters. The molecule has 1 aromatic carbocycles. The molecule has 22 heavy (non-hydrogen) atoms. The van der Waals surface area contributed by atoms with E-state index in [0.29, 0.717) is 5.75 Å². The maximum Gasteiger partial charge on any atom is 0.262 e. The Hall–Kier alpha value is -2.89. The lowest BCUT2D eigenvalue weighted by atomic mass is 10.1. The summed E-state index contributed by atoms with van der Waals surface area (Å²) in [6, 6.07) is 7.22. The van der Waals surface area contributed by atoms with Gasteiger partial charge in [-0.3, -0.25) is 14.6 Å². The number of aromatic nitrogens is 1. The van der Waals surface area contributed by atoms with Gasteiger partial charge in [-0.25, -0.2) is 0 Å². The van der Waals surface area contributed by atoms with Crippen molar-refractivity contribution in [3.8, 4) is 5.75 Å². The Morgan fingerprint density at radius 3 is 2.45 bits per heavy atom. The summed E-state index contributed by atoms with van der Waals surface area (Å²) in [6.07, 6.45) is 2.75. The standard InChI is InChI=1S/C16H17N3O3/c1-10-3-11(2)5-13(4-10)19-15(20)9-22-14-6-12(16(17)21)7-18-8-14/h3-8H,9H2,1-2H3,(H2,17,21)(H,19,20). The molecule has 0 spiro atoms. The predicted octanol–water partition coefficient (Wildman–Crippen LogP) is 1.81. The van der Waals surface area contributed by atoms with Gasteiger partial charge in [-0.05, 0) is 43.2 Å². The molecular weight excluding hydrogens is 282 g/mol. The molecular formula is C16H17N3O3. The van der Waals surface area contributed by atoms with E-state index in [4.69, 9.17) is 10.5 Å². The van der Waals surface area contributed by atoms with Crippen LogP contribution in [0.5, 0.6) is 5.75 Å². The zero-order valence-electron chi connectivity index (χ0n) is 12.4. The van der Waals surface area contributed by atoms with E-state index in [1.807, 2.05) is 32.0 Å². The molecule has 0 aliphatic rings. The number of hydrogen-bond acceptors (Lipinski definition) is 4. The summed E-state index contributed by atoms with van der Waals surface area (Å²) in [5, 5.41) is 2.76. The molecule has 0 radical (unpaired) electrons. The van der Waals surface area contributed by atoms with Crippen molar-refractivity contribution < 1.29 is 14.3 Å². The minimum absolute atomic E-state index is 0.184.